The van der Waals surface area contributed by atoms with E-state index in [1.807, 2.05) is 12.4 Å². The lowest BCUT2D eigenvalue weighted by atomic mass is 9.96. The summed E-state index contributed by atoms with van der Waals surface area (Å²) in [5.74, 6) is 1.08. The van der Waals surface area contributed by atoms with Gasteiger partial charge < -0.3 is 15.2 Å². The van der Waals surface area contributed by atoms with Crippen molar-refractivity contribution in [2.24, 2.45) is 11.7 Å². The van der Waals surface area contributed by atoms with Gasteiger partial charge in [0.25, 0.3) is 0 Å². The van der Waals surface area contributed by atoms with Gasteiger partial charge in [-0.15, -0.1) is 0 Å². The van der Waals surface area contributed by atoms with Crippen molar-refractivity contribution in [1.82, 2.24) is 14.5 Å². The monoisotopic (exact) mass is 250 g/mol. The molecule has 1 saturated heterocycles. The maximum absolute atomic E-state index is 11.1. The maximum atomic E-state index is 11.1. The van der Waals surface area contributed by atoms with E-state index in [2.05, 4.69) is 21.4 Å². The predicted octanol–water partition coefficient (Wildman–Crippen LogP) is 0.643. The van der Waals surface area contributed by atoms with Gasteiger partial charge in [0.1, 0.15) is 5.82 Å². The molecule has 1 aliphatic rings. The zero-order chi connectivity index (χ0) is 13.0. The molecule has 1 fully saturated rings. The van der Waals surface area contributed by atoms with Crippen molar-refractivity contribution >= 4 is 5.91 Å². The third-order valence-electron chi connectivity index (χ3n) is 3.77. The molecule has 0 spiro atoms. The van der Waals surface area contributed by atoms with Crippen molar-refractivity contribution in [3.05, 3.63) is 18.2 Å². The van der Waals surface area contributed by atoms with Crippen LogP contribution in [0.25, 0.3) is 0 Å². The number of imidazole rings is 1. The van der Waals surface area contributed by atoms with E-state index in [-0.39, 0.29) is 11.8 Å². The minimum absolute atomic E-state index is 0.0840. The molecule has 1 aliphatic heterocycles. The third kappa shape index (κ3) is 3.10. The van der Waals surface area contributed by atoms with E-state index >= 15 is 0 Å². The number of carbonyl (C=O) groups is 1. The minimum Gasteiger partial charge on any atom is -0.369 e. The van der Waals surface area contributed by atoms with Crippen molar-refractivity contribution in [2.45, 2.75) is 32.7 Å². The van der Waals surface area contributed by atoms with E-state index < -0.39 is 0 Å². The Balaban J connectivity index is 1.77. The predicted molar refractivity (Wildman–Crippen MR) is 70.0 cm³/mol. The molecule has 2 rings (SSSR count). The van der Waals surface area contributed by atoms with Gasteiger partial charge >= 0.3 is 0 Å². The Morgan fingerprint density at radius 1 is 1.44 bits per heavy atom. The lowest BCUT2D eigenvalue weighted by Crippen LogP contribution is -2.39. The largest absolute Gasteiger partial charge is 0.369 e. The highest BCUT2D eigenvalue weighted by molar-refractivity contribution is 5.76. The summed E-state index contributed by atoms with van der Waals surface area (Å²) in [7, 11) is 0. The molecule has 0 unspecified atom stereocenters. The fourth-order valence-electron chi connectivity index (χ4n) is 2.55. The molecule has 2 heterocycles. The van der Waals surface area contributed by atoms with Crippen LogP contribution in [0, 0.1) is 5.92 Å². The molecule has 5 heteroatoms. The molecule has 1 aromatic heterocycles. The molecular weight excluding hydrogens is 228 g/mol. The first-order valence-electron chi connectivity index (χ1n) is 6.72. The van der Waals surface area contributed by atoms with Gasteiger partial charge in [-0.2, -0.15) is 0 Å². The number of carbonyl (C=O) groups excluding carboxylic acids is 1. The first-order chi connectivity index (χ1) is 8.70. The van der Waals surface area contributed by atoms with Crippen LogP contribution in [0.15, 0.2) is 12.4 Å². The number of aryl methyl sites for hydroxylation is 1. The van der Waals surface area contributed by atoms with Crippen LogP contribution < -0.4 is 5.73 Å². The normalized spacial score (nSPS) is 18.1. The molecular formula is C13H22N4O. The summed E-state index contributed by atoms with van der Waals surface area (Å²) in [4.78, 5) is 17.8. The molecule has 1 amide bonds. The summed E-state index contributed by atoms with van der Waals surface area (Å²) in [6.45, 7) is 6.07. The second-order valence-corrected chi connectivity index (χ2v) is 4.91. The molecule has 0 atom stereocenters. The number of piperidine rings is 1. The molecule has 0 aromatic carbocycles. The smallest absolute Gasteiger partial charge is 0.220 e. The number of nitrogens with zero attached hydrogens (tertiary/aromatic N) is 3. The van der Waals surface area contributed by atoms with E-state index in [0.29, 0.717) is 0 Å². The highest BCUT2D eigenvalue weighted by atomic mass is 16.1. The molecule has 0 aliphatic carbocycles. The van der Waals surface area contributed by atoms with Gasteiger partial charge in [-0.1, -0.05) is 6.92 Å². The number of rotatable bonds is 5. The second-order valence-electron chi connectivity index (χ2n) is 4.91. The van der Waals surface area contributed by atoms with Gasteiger partial charge in [0, 0.05) is 37.8 Å². The molecule has 0 radical (unpaired) electrons. The summed E-state index contributed by atoms with van der Waals surface area (Å²) in [6, 6.07) is 0. The number of aromatic nitrogens is 2. The molecule has 1 aromatic rings. The standard InChI is InChI=1S/C13H22N4O/c1-2-12-15-5-8-17(12)10-9-16-6-3-11(4-7-16)13(14)18/h5,8,11H,2-4,6-7,9-10H2,1H3,(H2,14,18). The van der Waals surface area contributed by atoms with Crippen molar-refractivity contribution in [1.29, 1.82) is 0 Å². The Labute approximate surface area is 108 Å². The van der Waals surface area contributed by atoms with Gasteiger partial charge in [0.15, 0.2) is 0 Å². The summed E-state index contributed by atoms with van der Waals surface area (Å²) in [6.07, 6.45) is 6.67. The maximum Gasteiger partial charge on any atom is 0.220 e. The first kappa shape index (κ1) is 13.1. The zero-order valence-electron chi connectivity index (χ0n) is 11.0. The number of nitrogens with two attached hydrogens (primary N) is 1. The van der Waals surface area contributed by atoms with Crippen LogP contribution in [0.4, 0.5) is 0 Å². The van der Waals surface area contributed by atoms with E-state index in [1.54, 1.807) is 0 Å². The summed E-state index contributed by atoms with van der Waals surface area (Å²) in [5.41, 5.74) is 5.33. The van der Waals surface area contributed by atoms with E-state index in [0.717, 1.165) is 51.3 Å². The van der Waals surface area contributed by atoms with E-state index in [4.69, 9.17) is 5.73 Å². The summed E-state index contributed by atoms with van der Waals surface area (Å²) < 4.78 is 2.21. The third-order valence-corrected chi connectivity index (χ3v) is 3.77. The van der Waals surface area contributed by atoms with Crippen molar-refractivity contribution in [3.8, 4) is 0 Å². The Morgan fingerprint density at radius 3 is 2.78 bits per heavy atom. The Hall–Kier alpha value is -1.36. The minimum atomic E-state index is -0.141. The molecule has 18 heavy (non-hydrogen) atoms. The second kappa shape index (κ2) is 6.00. The Bertz CT molecular complexity index is 393. The number of hydrogen-bond acceptors (Lipinski definition) is 3. The van der Waals surface area contributed by atoms with E-state index in [9.17, 15) is 4.79 Å². The number of hydrogen-bond donors (Lipinski definition) is 1. The lowest BCUT2D eigenvalue weighted by molar-refractivity contribution is -0.123. The lowest BCUT2D eigenvalue weighted by Gasteiger charge is -2.30. The van der Waals surface area contributed by atoms with Crippen LogP contribution in [-0.4, -0.2) is 40.0 Å². The van der Waals surface area contributed by atoms with Crippen molar-refractivity contribution in [2.75, 3.05) is 19.6 Å². The van der Waals surface area contributed by atoms with Gasteiger partial charge in [-0.3, -0.25) is 4.79 Å². The van der Waals surface area contributed by atoms with Gasteiger partial charge in [-0.05, 0) is 25.9 Å². The fraction of sp³-hybridized carbons (Fsp3) is 0.692. The topological polar surface area (TPSA) is 64.2 Å². The summed E-state index contributed by atoms with van der Waals surface area (Å²) >= 11 is 0. The molecule has 2 N–H and O–H groups in total. The Kier molecular flexibility index (Phi) is 4.36. The molecule has 5 nitrogen and oxygen atoms in total. The summed E-state index contributed by atoms with van der Waals surface area (Å²) in [5, 5.41) is 0. The molecule has 100 valence electrons. The quantitative estimate of drug-likeness (QED) is 0.834. The number of likely N-dealkylation sites (tertiary alicyclic amines) is 1. The van der Waals surface area contributed by atoms with Gasteiger partial charge in [0.2, 0.25) is 5.91 Å². The van der Waals surface area contributed by atoms with Crippen LogP contribution in [0.2, 0.25) is 0 Å². The zero-order valence-corrected chi connectivity index (χ0v) is 11.0. The van der Waals surface area contributed by atoms with Gasteiger partial charge in [-0.25, -0.2) is 4.98 Å². The number of amides is 1. The van der Waals surface area contributed by atoms with Crippen LogP contribution >= 0.6 is 0 Å². The highest BCUT2D eigenvalue weighted by Crippen LogP contribution is 2.16. The average molecular weight is 250 g/mol. The molecule has 0 bridgehead atoms. The highest BCUT2D eigenvalue weighted by Gasteiger charge is 2.22. The van der Waals surface area contributed by atoms with Crippen LogP contribution in [0.1, 0.15) is 25.6 Å². The first-order valence-corrected chi connectivity index (χ1v) is 6.72. The van der Waals surface area contributed by atoms with Gasteiger partial charge in [0.05, 0.1) is 0 Å². The van der Waals surface area contributed by atoms with Crippen molar-refractivity contribution in [3.63, 3.8) is 0 Å². The van der Waals surface area contributed by atoms with Crippen molar-refractivity contribution < 1.29 is 4.79 Å². The van der Waals surface area contributed by atoms with E-state index in [1.165, 1.54) is 0 Å². The Morgan fingerprint density at radius 2 is 2.17 bits per heavy atom. The van der Waals surface area contributed by atoms with Crippen LogP contribution in [0.3, 0.4) is 0 Å². The SMILES string of the molecule is CCc1nccn1CCN1CCC(C(N)=O)CC1. The number of primary amides is 1. The fourth-order valence-corrected chi connectivity index (χ4v) is 2.55. The van der Waals surface area contributed by atoms with Crippen LogP contribution in [0.5, 0.6) is 0 Å². The van der Waals surface area contributed by atoms with Crippen LogP contribution in [-0.2, 0) is 17.8 Å². The molecule has 0 saturated carbocycles. The average Bonchev–Trinajstić information content (AvgIpc) is 2.84.